The first-order valence-corrected chi connectivity index (χ1v) is 13.9. The van der Waals surface area contributed by atoms with Crippen molar-refractivity contribution in [2.45, 2.75) is 6.92 Å². The van der Waals surface area contributed by atoms with E-state index < -0.39 is 0 Å². The molecule has 0 saturated carbocycles. The lowest BCUT2D eigenvalue weighted by Crippen LogP contribution is -1.96. The van der Waals surface area contributed by atoms with Crippen LogP contribution in [-0.4, -0.2) is 4.57 Å². The summed E-state index contributed by atoms with van der Waals surface area (Å²) in [6.07, 6.45) is 0. The molecule has 7 aromatic carbocycles. The quantitative estimate of drug-likeness (QED) is 0.209. The highest BCUT2D eigenvalue weighted by atomic mass is 15.0. The molecule has 0 aliphatic heterocycles. The average molecular weight is 510 g/mol. The Hall–Kier alpha value is -5.14. The number of aryl methyl sites for hydroxylation is 1. The molecule has 0 aliphatic carbocycles. The fourth-order valence-electron chi connectivity index (χ4n) is 6.40. The van der Waals surface area contributed by atoms with Crippen molar-refractivity contribution in [1.82, 2.24) is 4.57 Å². The van der Waals surface area contributed by atoms with Gasteiger partial charge < -0.3 is 4.57 Å². The topological polar surface area (TPSA) is 4.93 Å². The molecule has 0 amide bonds. The largest absolute Gasteiger partial charge is 0.309 e. The van der Waals surface area contributed by atoms with Crippen LogP contribution in [0, 0.1) is 6.92 Å². The van der Waals surface area contributed by atoms with Gasteiger partial charge >= 0.3 is 0 Å². The summed E-state index contributed by atoms with van der Waals surface area (Å²) in [5.74, 6) is 0. The number of rotatable bonds is 3. The lowest BCUT2D eigenvalue weighted by molar-refractivity contribution is 1.17. The van der Waals surface area contributed by atoms with Gasteiger partial charge in [0, 0.05) is 16.5 Å². The Kier molecular flexibility index (Phi) is 5.11. The third-order valence-corrected chi connectivity index (χ3v) is 8.18. The van der Waals surface area contributed by atoms with E-state index in [0.717, 1.165) is 0 Å². The van der Waals surface area contributed by atoms with Crippen molar-refractivity contribution >= 4 is 43.4 Å². The second-order valence-electron chi connectivity index (χ2n) is 10.7. The van der Waals surface area contributed by atoms with Crippen molar-refractivity contribution < 1.29 is 0 Å². The molecule has 0 fully saturated rings. The molecule has 0 spiro atoms. The van der Waals surface area contributed by atoms with Crippen LogP contribution in [0.25, 0.3) is 71.3 Å². The Morgan fingerprint density at radius 3 is 1.93 bits per heavy atom. The second kappa shape index (κ2) is 8.97. The molecule has 0 bridgehead atoms. The molecular formula is C39H27N. The van der Waals surface area contributed by atoms with Gasteiger partial charge in [-0.15, -0.1) is 0 Å². The molecule has 1 heteroatoms. The third-order valence-electron chi connectivity index (χ3n) is 8.18. The van der Waals surface area contributed by atoms with E-state index in [-0.39, 0.29) is 0 Å². The Balaban J connectivity index is 1.42. The summed E-state index contributed by atoms with van der Waals surface area (Å²) in [6, 6.07) is 53.2. The predicted molar refractivity (Wildman–Crippen MR) is 171 cm³/mol. The Morgan fingerprint density at radius 2 is 1.07 bits per heavy atom. The Bertz CT molecular complexity index is 2220. The van der Waals surface area contributed by atoms with Crippen molar-refractivity contribution in [3.05, 3.63) is 151 Å². The maximum absolute atomic E-state index is 2.44. The molecule has 0 aliphatic rings. The molecule has 1 heterocycles. The molecule has 0 radical (unpaired) electrons. The molecule has 8 aromatic rings. The molecule has 0 saturated heterocycles. The van der Waals surface area contributed by atoms with Crippen molar-refractivity contribution in [2.24, 2.45) is 0 Å². The lowest BCUT2D eigenvalue weighted by Gasteiger charge is -2.15. The van der Waals surface area contributed by atoms with Gasteiger partial charge in [-0.1, -0.05) is 115 Å². The summed E-state index contributed by atoms with van der Waals surface area (Å²) in [4.78, 5) is 0. The molecule has 0 N–H and O–H groups in total. The summed E-state index contributed by atoms with van der Waals surface area (Å²) in [6.45, 7) is 2.21. The Morgan fingerprint density at radius 1 is 0.400 bits per heavy atom. The van der Waals surface area contributed by atoms with E-state index in [2.05, 4.69) is 157 Å². The number of hydrogen-bond acceptors (Lipinski definition) is 0. The van der Waals surface area contributed by atoms with Gasteiger partial charge in [0.25, 0.3) is 0 Å². The SMILES string of the molecule is Cc1cc(-c2cc3ccccc3c3ccccc23)cc(-n2c3ccccc3c3ccc(-c4ccccc4)cc32)c1. The van der Waals surface area contributed by atoms with Crippen LogP contribution >= 0.6 is 0 Å². The van der Waals surface area contributed by atoms with Gasteiger partial charge in [0.15, 0.2) is 0 Å². The Labute approximate surface area is 233 Å². The smallest absolute Gasteiger partial charge is 0.0547 e. The minimum absolute atomic E-state index is 1.18. The van der Waals surface area contributed by atoms with Gasteiger partial charge in [-0.25, -0.2) is 0 Å². The summed E-state index contributed by atoms with van der Waals surface area (Å²) in [5, 5.41) is 7.69. The minimum Gasteiger partial charge on any atom is -0.309 e. The van der Waals surface area contributed by atoms with E-state index in [1.807, 2.05) is 0 Å². The standard InChI is InChI=1S/C39H27N/c1-26-21-30(37-24-29-13-5-6-14-32(29)33-15-7-8-16-34(33)37)23-31(22-26)40-38-18-10-9-17-35(38)36-20-19-28(25-39(36)40)27-11-3-2-4-12-27/h2-25H,1H3. The number of benzene rings is 7. The van der Waals surface area contributed by atoms with E-state index in [0.29, 0.717) is 0 Å². The lowest BCUT2D eigenvalue weighted by atomic mass is 9.92. The van der Waals surface area contributed by atoms with Crippen LogP contribution in [0.3, 0.4) is 0 Å². The van der Waals surface area contributed by atoms with Crippen LogP contribution in [0.15, 0.2) is 146 Å². The first-order chi connectivity index (χ1) is 19.7. The van der Waals surface area contributed by atoms with E-state index >= 15 is 0 Å². The summed E-state index contributed by atoms with van der Waals surface area (Å²) >= 11 is 0. The van der Waals surface area contributed by atoms with Gasteiger partial charge in [-0.3, -0.25) is 0 Å². The average Bonchev–Trinajstić information content (AvgIpc) is 3.34. The van der Waals surface area contributed by atoms with Crippen molar-refractivity contribution in [2.75, 3.05) is 0 Å². The molecule has 188 valence electrons. The molecule has 1 nitrogen and oxygen atoms in total. The van der Waals surface area contributed by atoms with E-state index in [9.17, 15) is 0 Å². The molecule has 8 rings (SSSR count). The zero-order valence-electron chi connectivity index (χ0n) is 22.3. The van der Waals surface area contributed by atoms with Crippen LogP contribution < -0.4 is 0 Å². The molecule has 1 aromatic heterocycles. The van der Waals surface area contributed by atoms with Crippen molar-refractivity contribution in [3.63, 3.8) is 0 Å². The normalized spacial score (nSPS) is 11.6. The van der Waals surface area contributed by atoms with Crippen molar-refractivity contribution in [1.29, 1.82) is 0 Å². The van der Waals surface area contributed by atoms with Gasteiger partial charge in [0.2, 0.25) is 0 Å². The summed E-state index contributed by atoms with van der Waals surface area (Å²) in [7, 11) is 0. The molecule has 0 unspecified atom stereocenters. The van der Waals surface area contributed by atoms with Crippen LogP contribution in [-0.2, 0) is 0 Å². The van der Waals surface area contributed by atoms with Crippen LogP contribution in [0.5, 0.6) is 0 Å². The number of fused-ring (bicyclic) bond motifs is 6. The molecule has 0 atom stereocenters. The molecular weight excluding hydrogens is 482 g/mol. The van der Waals surface area contributed by atoms with Gasteiger partial charge in [0.05, 0.1) is 11.0 Å². The molecule has 40 heavy (non-hydrogen) atoms. The number of nitrogens with zero attached hydrogens (tertiary/aromatic N) is 1. The second-order valence-corrected chi connectivity index (χ2v) is 10.7. The van der Waals surface area contributed by atoms with Crippen molar-refractivity contribution in [3.8, 4) is 27.9 Å². The van der Waals surface area contributed by atoms with Crippen LogP contribution in [0.4, 0.5) is 0 Å². The first-order valence-electron chi connectivity index (χ1n) is 13.9. The minimum atomic E-state index is 1.18. The van der Waals surface area contributed by atoms with Gasteiger partial charge in [0.1, 0.15) is 0 Å². The van der Waals surface area contributed by atoms with Crippen LogP contribution in [0.1, 0.15) is 5.56 Å². The zero-order valence-corrected chi connectivity index (χ0v) is 22.3. The fraction of sp³-hybridized carbons (Fsp3) is 0.0256. The predicted octanol–water partition coefficient (Wildman–Crippen LogP) is 10.7. The third kappa shape index (κ3) is 3.56. The van der Waals surface area contributed by atoms with E-state index in [4.69, 9.17) is 0 Å². The maximum atomic E-state index is 2.44. The zero-order chi connectivity index (χ0) is 26.6. The monoisotopic (exact) mass is 509 g/mol. The maximum Gasteiger partial charge on any atom is 0.0547 e. The number of hydrogen-bond donors (Lipinski definition) is 0. The summed E-state index contributed by atoms with van der Waals surface area (Å²) in [5.41, 5.74) is 9.84. The van der Waals surface area contributed by atoms with E-state index in [1.165, 1.54) is 76.9 Å². The number of para-hydroxylation sites is 1. The van der Waals surface area contributed by atoms with Gasteiger partial charge in [-0.2, -0.15) is 0 Å². The highest BCUT2D eigenvalue weighted by molar-refractivity contribution is 6.14. The highest BCUT2D eigenvalue weighted by Crippen LogP contribution is 2.39. The van der Waals surface area contributed by atoms with E-state index in [1.54, 1.807) is 0 Å². The fourth-order valence-corrected chi connectivity index (χ4v) is 6.40. The summed E-state index contributed by atoms with van der Waals surface area (Å²) < 4.78 is 2.44. The number of aromatic nitrogens is 1. The van der Waals surface area contributed by atoms with Gasteiger partial charge in [-0.05, 0) is 86.6 Å². The first kappa shape index (κ1) is 22.8. The van der Waals surface area contributed by atoms with Crippen LogP contribution in [0.2, 0.25) is 0 Å². The highest BCUT2D eigenvalue weighted by Gasteiger charge is 2.15.